The van der Waals surface area contributed by atoms with Gasteiger partial charge in [0.05, 0.1) is 0 Å². The molecule has 0 atom stereocenters. The lowest BCUT2D eigenvalue weighted by molar-refractivity contribution is -0.105. The Morgan fingerprint density at radius 3 is 1.72 bits per heavy atom. The van der Waals surface area contributed by atoms with E-state index in [2.05, 4.69) is 55.3 Å². The lowest BCUT2D eigenvalue weighted by atomic mass is 10.00. The zero-order valence-electron chi connectivity index (χ0n) is 24.5. The van der Waals surface area contributed by atoms with Crippen molar-refractivity contribution < 1.29 is 4.79 Å². The fourth-order valence-electron chi connectivity index (χ4n) is 5.12. The van der Waals surface area contributed by atoms with Gasteiger partial charge >= 0.3 is 0 Å². The van der Waals surface area contributed by atoms with Crippen molar-refractivity contribution in [2.24, 2.45) is 0 Å². The van der Waals surface area contributed by atoms with E-state index in [0.29, 0.717) is 0 Å². The third-order valence-corrected chi connectivity index (χ3v) is 7.36. The molecule has 0 unspecified atom stereocenters. The molecular weight excluding hydrogens is 442 g/mol. The first kappa shape index (κ1) is 32.6. The van der Waals surface area contributed by atoms with Gasteiger partial charge in [-0.3, -0.25) is 4.79 Å². The van der Waals surface area contributed by atoms with Crippen LogP contribution in [0.1, 0.15) is 127 Å². The topological polar surface area (TPSA) is 35.6 Å². The number of amides is 1. The standard InChI is InChI=1S/C32H59N3O/c1-5-6-7-8-9-10-11-12-13-14-15-16-17-18-19-20-27-35(4)28-31-30(24-22-26-34(2)3)23-21-25-32(31)33-29-36/h21,23,25,29H,5-20,22,24,26-28H2,1-4H3,(H,33,36). The van der Waals surface area contributed by atoms with Crippen molar-refractivity contribution in [2.75, 3.05) is 39.5 Å². The van der Waals surface area contributed by atoms with E-state index in [1.165, 1.54) is 114 Å². The summed E-state index contributed by atoms with van der Waals surface area (Å²) >= 11 is 0. The molecular formula is C32H59N3O. The predicted octanol–water partition coefficient (Wildman–Crippen LogP) is 8.44. The van der Waals surface area contributed by atoms with Gasteiger partial charge in [0.1, 0.15) is 0 Å². The molecule has 0 heterocycles. The zero-order valence-corrected chi connectivity index (χ0v) is 24.5. The summed E-state index contributed by atoms with van der Waals surface area (Å²) in [6.07, 6.45) is 25.5. The van der Waals surface area contributed by atoms with Crippen molar-refractivity contribution in [3.8, 4) is 0 Å². The Labute approximate surface area is 224 Å². The quantitative estimate of drug-likeness (QED) is 0.108. The molecule has 36 heavy (non-hydrogen) atoms. The van der Waals surface area contributed by atoms with E-state index in [0.717, 1.165) is 44.6 Å². The van der Waals surface area contributed by atoms with Crippen LogP contribution < -0.4 is 5.32 Å². The molecule has 0 aliphatic rings. The normalized spacial score (nSPS) is 11.5. The summed E-state index contributed by atoms with van der Waals surface area (Å²) in [6, 6.07) is 6.32. The van der Waals surface area contributed by atoms with Gasteiger partial charge in [0.25, 0.3) is 0 Å². The Morgan fingerprint density at radius 1 is 0.694 bits per heavy atom. The molecule has 1 aromatic carbocycles. The largest absolute Gasteiger partial charge is 0.328 e. The maximum absolute atomic E-state index is 11.1. The van der Waals surface area contributed by atoms with Gasteiger partial charge in [-0.25, -0.2) is 0 Å². The summed E-state index contributed by atoms with van der Waals surface area (Å²) in [5, 5.41) is 2.93. The van der Waals surface area contributed by atoms with Crippen molar-refractivity contribution in [3.63, 3.8) is 0 Å². The predicted molar refractivity (Wildman–Crippen MR) is 159 cm³/mol. The zero-order chi connectivity index (χ0) is 26.3. The first-order valence-electron chi connectivity index (χ1n) is 15.2. The highest BCUT2D eigenvalue weighted by Crippen LogP contribution is 2.23. The monoisotopic (exact) mass is 501 g/mol. The summed E-state index contributed by atoms with van der Waals surface area (Å²) in [7, 11) is 6.46. The number of rotatable bonds is 25. The molecule has 1 amide bonds. The molecule has 0 aromatic heterocycles. The number of benzene rings is 1. The second-order valence-electron chi connectivity index (χ2n) is 11.2. The third-order valence-electron chi connectivity index (χ3n) is 7.36. The minimum atomic E-state index is 0.804. The number of aryl methyl sites for hydroxylation is 1. The summed E-state index contributed by atoms with van der Waals surface area (Å²) < 4.78 is 0. The molecule has 0 bridgehead atoms. The van der Waals surface area contributed by atoms with E-state index in [1.807, 2.05) is 6.07 Å². The van der Waals surface area contributed by atoms with Crippen LogP contribution >= 0.6 is 0 Å². The average molecular weight is 502 g/mol. The van der Waals surface area contributed by atoms with Crippen LogP contribution in [0.2, 0.25) is 0 Å². The van der Waals surface area contributed by atoms with Crippen LogP contribution in [-0.2, 0) is 17.8 Å². The van der Waals surface area contributed by atoms with Crippen molar-refractivity contribution >= 4 is 12.1 Å². The summed E-state index contributed by atoms with van der Waals surface area (Å²) in [5.74, 6) is 0. The molecule has 4 heteroatoms. The van der Waals surface area contributed by atoms with Crippen LogP contribution in [0.25, 0.3) is 0 Å². The number of nitrogens with zero attached hydrogens (tertiary/aromatic N) is 2. The van der Waals surface area contributed by atoms with Gasteiger partial charge in [-0.2, -0.15) is 0 Å². The Hall–Kier alpha value is -1.39. The van der Waals surface area contributed by atoms with Gasteiger partial charge in [-0.05, 0) is 70.7 Å². The van der Waals surface area contributed by atoms with Gasteiger partial charge in [0, 0.05) is 12.2 Å². The Morgan fingerprint density at radius 2 is 1.22 bits per heavy atom. The second kappa shape index (κ2) is 22.8. The molecule has 4 nitrogen and oxygen atoms in total. The number of carbonyl (C=O) groups excluding carboxylic acids is 1. The molecule has 1 N–H and O–H groups in total. The second-order valence-corrected chi connectivity index (χ2v) is 11.2. The molecule has 1 rings (SSSR count). The van der Waals surface area contributed by atoms with Gasteiger partial charge in [-0.15, -0.1) is 0 Å². The van der Waals surface area contributed by atoms with Gasteiger partial charge in [0.2, 0.25) is 6.41 Å². The Bertz CT molecular complexity index is 646. The van der Waals surface area contributed by atoms with E-state index in [9.17, 15) is 4.79 Å². The summed E-state index contributed by atoms with van der Waals surface area (Å²) in [6.45, 7) is 5.39. The van der Waals surface area contributed by atoms with Crippen LogP contribution in [0.5, 0.6) is 0 Å². The maximum atomic E-state index is 11.1. The smallest absolute Gasteiger partial charge is 0.211 e. The molecule has 208 valence electrons. The molecule has 0 radical (unpaired) electrons. The number of hydrogen-bond donors (Lipinski definition) is 1. The summed E-state index contributed by atoms with van der Waals surface area (Å²) in [5.41, 5.74) is 3.61. The van der Waals surface area contributed by atoms with Crippen molar-refractivity contribution in [3.05, 3.63) is 29.3 Å². The van der Waals surface area contributed by atoms with E-state index in [4.69, 9.17) is 0 Å². The Kier molecular flexibility index (Phi) is 20.7. The molecule has 0 aliphatic carbocycles. The first-order valence-corrected chi connectivity index (χ1v) is 15.2. The van der Waals surface area contributed by atoms with E-state index < -0.39 is 0 Å². The molecule has 0 aliphatic heterocycles. The van der Waals surface area contributed by atoms with Gasteiger partial charge < -0.3 is 15.1 Å². The number of anilines is 1. The fraction of sp³-hybridized carbons (Fsp3) is 0.781. The van der Waals surface area contributed by atoms with Crippen LogP contribution in [0, 0.1) is 0 Å². The third kappa shape index (κ3) is 17.1. The van der Waals surface area contributed by atoms with Crippen molar-refractivity contribution in [2.45, 2.75) is 129 Å². The minimum absolute atomic E-state index is 0.804. The van der Waals surface area contributed by atoms with E-state index in [-0.39, 0.29) is 0 Å². The highest BCUT2D eigenvalue weighted by molar-refractivity contribution is 5.74. The number of hydrogen-bond acceptors (Lipinski definition) is 3. The lowest BCUT2D eigenvalue weighted by Gasteiger charge is -2.21. The van der Waals surface area contributed by atoms with E-state index >= 15 is 0 Å². The van der Waals surface area contributed by atoms with Crippen molar-refractivity contribution in [1.82, 2.24) is 9.80 Å². The lowest BCUT2D eigenvalue weighted by Crippen LogP contribution is -2.21. The minimum Gasteiger partial charge on any atom is -0.328 e. The first-order chi connectivity index (χ1) is 17.6. The maximum Gasteiger partial charge on any atom is 0.211 e. The highest BCUT2D eigenvalue weighted by atomic mass is 16.1. The van der Waals surface area contributed by atoms with E-state index in [1.54, 1.807) is 0 Å². The molecule has 0 spiro atoms. The number of nitrogens with one attached hydrogen (secondary N) is 1. The number of unbranched alkanes of at least 4 members (excludes halogenated alkanes) is 15. The molecule has 0 saturated carbocycles. The van der Waals surface area contributed by atoms with Crippen molar-refractivity contribution in [1.29, 1.82) is 0 Å². The Balaban J connectivity index is 2.13. The molecule has 1 aromatic rings. The van der Waals surface area contributed by atoms with Gasteiger partial charge in [-0.1, -0.05) is 115 Å². The van der Waals surface area contributed by atoms with Gasteiger partial charge in [0.15, 0.2) is 0 Å². The molecule has 0 saturated heterocycles. The van der Waals surface area contributed by atoms with Crippen LogP contribution in [-0.4, -0.2) is 50.4 Å². The van der Waals surface area contributed by atoms with Crippen LogP contribution in [0.3, 0.4) is 0 Å². The summed E-state index contributed by atoms with van der Waals surface area (Å²) in [4.78, 5) is 15.8. The van der Waals surface area contributed by atoms with Crippen LogP contribution in [0.15, 0.2) is 18.2 Å². The fourth-order valence-corrected chi connectivity index (χ4v) is 5.12. The number of carbonyl (C=O) groups is 1. The highest BCUT2D eigenvalue weighted by Gasteiger charge is 2.11. The average Bonchev–Trinajstić information content (AvgIpc) is 2.85. The molecule has 0 fully saturated rings. The SMILES string of the molecule is CCCCCCCCCCCCCCCCCCN(C)Cc1c(CCCN(C)C)cccc1NC=O. The van der Waals surface area contributed by atoms with Crippen LogP contribution in [0.4, 0.5) is 5.69 Å².